The average Bonchev–Trinajstić information content (AvgIpc) is 3.29. The minimum atomic E-state index is -3.96. The van der Waals surface area contributed by atoms with Crippen LogP contribution in [0.15, 0.2) is 52.9 Å². The van der Waals surface area contributed by atoms with Gasteiger partial charge in [-0.2, -0.15) is 0 Å². The molecule has 2 aliphatic rings. The standard InChI is InChI=1S/C24H26N4O4S2/c1-16-9-11-17(12-10-16)21(29)25-22-26-27-23(33-22)34(30,31)28-19-15-24(13-5-2-6-14-24)32-20-8-4-3-7-18(19)20/h3-4,7-12,19,28H,2,5-6,13-15H2,1H3,(H,25,26,29). The van der Waals surface area contributed by atoms with E-state index >= 15 is 0 Å². The summed E-state index contributed by atoms with van der Waals surface area (Å²) < 4.78 is 35.5. The molecule has 1 aromatic heterocycles. The Morgan fingerprint density at radius 3 is 2.56 bits per heavy atom. The molecule has 1 amide bonds. The quantitative estimate of drug-likeness (QED) is 0.497. The minimum absolute atomic E-state index is 0.127. The molecule has 3 aromatic rings. The van der Waals surface area contributed by atoms with Gasteiger partial charge in [-0.1, -0.05) is 53.7 Å². The summed E-state index contributed by atoms with van der Waals surface area (Å²) in [7, 11) is -3.96. The largest absolute Gasteiger partial charge is 0.487 e. The van der Waals surface area contributed by atoms with Crippen LogP contribution in [-0.2, 0) is 10.0 Å². The molecule has 1 spiro atoms. The van der Waals surface area contributed by atoms with Crippen molar-refractivity contribution in [1.82, 2.24) is 14.9 Å². The molecule has 0 radical (unpaired) electrons. The van der Waals surface area contributed by atoms with Gasteiger partial charge in [0.25, 0.3) is 15.9 Å². The number of aromatic nitrogens is 2. The fourth-order valence-electron chi connectivity index (χ4n) is 4.71. The normalized spacial score (nSPS) is 19.3. The number of para-hydroxylation sites is 1. The topological polar surface area (TPSA) is 110 Å². The van der Waals surface area contributed by atoms with Crippen LogP contribution in [0.5, 0.6) is 5.75 Å². The fraction of sp³-hybridized carbons (Fsp3) is 0.375. The van der Waals surface area contributed by atoms with E-state index in [2.05, 4.69) is 20.2 Å². The summed E-state index contributed by atoms with van der Waals surface area (Å²) in [6, 6.07) is 14.2. The molecule has 2 heterocycles. The molecule has 1 saturated carbocycles. The second kappa shape index (κ2) is 9.09. The summed E-state index contributed by atoms with van der Waals surface area (Å²) in [4.78, 5) is 12.5. The van der Waals surface area contributed by atoms with Crippen LogP contribution in [0.1, 0.15) is 66.1 Å². The molecule has 2 aromatic carbocycles. The average molecular weight is 499 g/mol. The highest BCUT2D eigenvalue weighted by Crippen LogP contribution is 2.46. The highest BCUT2D eigenvalue weighted by molar-refractivity contribution is 7.91. The monoisotopic (exact) mass is 498 g/mol. The number of aryl methyl sites for hydroxylation is 1. The van der Waals surface area contributed by atoms with Crippen molar-refractivity contribution in [3.8, 4) is 5.75 Å². The Bertz CT molecular complexity index is 1300. The number of benzene rings is 2. The number of nitrogens with one attached hydrogen (secondary N) is 2. The van der Waals surface area contributed by atoms with Crippen molar-refractivity contribution in [2.24, 2.45) is 0 Å². The van der Waals surface area contributed by atoms with Gasteiger partial charge < -0.3 is 4.74 Å². The van der Waals surface area contributed by atoms with E-state index in [1.54, 1.807) is 12.1 Å². The Labute approximate surface area is 202 Å². The summed E-state index contributed by atoms with van der Waals surface area (Å²) in [5.41, 5.74) is 1.96. The molecule has 10 heteroatoms. The predicted octanol–water partition coefficient (Wildman–Crippen LogP) is 4.60. The zero-order valence-corrected chi connectivity index (χ0v) is 20.4. The second-order valence-corrected chi connectivity index (χ2v) is 11.8. The van der Waals surface area contributed by atoms with Gasteiger partial charge in [0.1, 0.15) is 11.4 Å². The molecule has 1 fully saturated rings. The molecule has 0 saturated heterocycles. The number of amides is 1. The summed E-state index contributed by atoms with van der Waals surface area (Å²) >= 11 is 0.827. The van der Waals surface area contributed by atoms with Gasteiger partial charge in [0.2, 0.25) is 9.47 Å². The van der Waals surface area contributed by atoms with Crippen LogP contribution in [0.4, 0.5) is 5.13 Å². The Balaban J connectivity index is 1.35. The Morgan fingerprint density at radius 2 is 1.79 bits per heavy atom. The zero-order chi connectivity index (χ0) is 23.8. The van der Waals surface area contributed by atoms with E-state index in [4.69, 9.17) is 4.74 Å². The Kier molecular flexibility index (Phi) is 6.13. The van der Waals surface area contributed by atoms with Gasteiger partial charge >= 0.3 is 0 Å². The zero-order valence-electron chi connectivity index (χ0n) is 18.8. The van der Waals surface area contributed by atoms with Gasteiger partial charge in [-0.05, 0) is 50.8 Å². The first kappa shape index (κ1) is 22.9. The number of hydrogen-bond acceptors (Lipinski definition) is 7. The lowest BCUT2D eigenvalue weighted by molar-refractivity contribution is 0.0000716. The highest BCUT2D eigenvalue weighted by atomic mass is 32.2. The fourth-order valence-corrected chi connectivity index (χ4v) is 6.83. The Morgan fingerprint density at radius 1 is 1.06 bits per heavy atom. The summed E-state index contributed by atoms with van der Waals surface area (Å²) in [6.07, 6.45) is 5.70. The van der Waals surface area contributed by atoms with Gasteiger partial charge in [0.15, 0.2) is 0 Å². The maximum atomic E-state index is 13.2. The molecule has 178 valence electrons. The number of carbonyl (C=O) groups excluding carboxylic acids is 1. The number of carbonyl (C=O) groups is 1. The summed E-state index contributed by atoms with van der Waals surface area (Å²) in [6.45, 7) is 1.93. The van der Waals surface area contributed by atoms with E-state index in [-0.39, 0.29) is 21.0 Å². The van der Waals surface area contributed by atoms with Gasteiger partial charge in [-0.3, -0.25) is 10.1 Å². The van der Waals surface area contributed by atoms with Crippen LogP contribution in [0.2, 0.25) is 0 Å². The number of rotatable bonds is 5. The van der Waals surface area contributed by atoms with Crippen molar-refractivity contribution in [3.63, 3.8) is 0 Å². The number of hydrogen-bond donors (Lipinski definition) is 2. The maximum Gasteiger partial charge on any atom is 0.270 e. The molecule has 8 nitrogen and oxygen atoms in total. The maximum absolute atomic E-state index is 13.2. The smallest absolute Gasteiger partial charge is 0.270 e. The second-order valence-electron chi connectivity index (χ2n) is 8.95. The van der Waals surface area contributed by atoms with E-state index in [1.807, 2.05) is 43.3 Å². The van der Waals surface area contributed by atoms with E-state index in [9.17, 15) is 13.2 Å². The molecule has 1 unspecified atom stereocenters. The number of nitrogens with zero attached hydrogens (tertiary/aromatic N) is 2. The van der Waals surface area contributed by atoms with Crippen LogP contribution >= 0.6 is 11.3 Å². The van der Waals surface area contributed by atoms with E-state index in [0.29, 0.717) is 12.0 Å². The van der Waals surface area contributed by atoms with Crippen molar-refractivity contribution in [3.05, 3.63) is 65.2 Å². The van der Waals surface area contributed by atoms with Crippen molar-refractivity contribution >= 4 is 32.4 Å². The lowest BCUT2D eigenvalue weighted by Crippen LogP contribution is -2.46. The first-order valence-corrected chi connectivity index (χ1v) is 13.7. The third-order valence-electron chi connectivity index (χ3n) is 6.43. The molecule has 1 aliphatic carbocycles. The lowest BCUT2D eigenvalue weighted by atomic mass is 9.77. The highest BCUT2D eigenvalue weighted by Gasteiger charge is 2.43. The Hall–Kier alpha value is -2.82. The molecule has 1 aliphatic heterocycles. The predicted molar refractivity (Wildman–Crippen MR) is 130 cm³/mol. The van der Waals surface area contributed by atoms with Crippen LogP contribution in [0, 0.1) is 6.92 Å². The van der Waals surface area contributed by atoms with Gasteiger partial charge in [-0.25, -0.2) is 13.1 Å². The van der Waals surface area contributed by atoms with Crippen molar-refractivity contribution < 1.29 is 17.9 Å². The molecular formula is C24H26N4O4S2. The first-order chi connectivity index (χ1) is 16.3. The third kappa shape index (κ3) is 4.70. The summed E-state index contributed by atoms with van der Waals surface area (Å²) in [5, 5.41) is 10.5. The molecule has 2 N–H and O–H groups in total. The van der Waals surface area contributed by atoms with Crippen LogP contribution in [0.25, 0.3) is 0 Å². The third-order valence-corrected chi connectivity index (χ3v) is 9.11. The molecule has 34 heavy (non-hydrogen) atoms. The van der Waals surface area contributed by atoms with E-state index in [0.717, 1.165) is 53.9 Å². The van der Waals surface area contributed by atoms with Crippen molar-refractivity contribution in [2.75, 3.05) is 5.32 Å². The SMILES string of the molecule is Cc1ccc(C(=O)Nc2nnc(S(=O)(=O)NC3CC4(CCCCC4)Oc4ccccc43)s2)cc1. The number of anilines is 1. The van der Waals surface area contributed by atoms with E-state index in [1.165, 1.54) is 6.42 Å². The summed E-state index contributed by atoms with van der Waals surface area (Å²) in [5.74, 6) is 0.359. The van der Waals surface area contributed by atoms with Crippen molar-refractivity contribution in [1.29, 1.82) is 0 Å². The van der Waals surface area contributed by atoms with Crippen LogP contribution < -0.4 is 14.8 Å². The number of ether oxygens (including phenoxy) is 1. The molecule has 0 bridgehead atoms. The van der Waals surface area contributed by atoms with Crippen LogP contribution in [0.3, 0.4) is 0 Å². The number of fused-ring (bicyclic) bond motifs is 1. The van der Waals surface area contributed by atoms with Crippen molar-refractivity contribution in [2.45, 2.75) is 61.4 Å². The van der Waals surface area contributed by atoms with Gasteiger partial charge in [0.05, 0.1) is 6.04 Å². The molecule has 5 rings (SSSR count). The lowest BCUT2D eigenvalue weighted by Gasteiger charge is -2.44. The van der Waals surface area contributed by atoms with Gasteiger partial charge in [0, 0.05) is 17.5 Å². The molecule has 1 atom stereocenters. The van der Waals surface area contributed by atoms with Crippen LogP contribution in [-0.4, -0.2) is 30.1 Å². The minimum Gasteiger partial charge on any atom is -0.487 e. The van der Waals surface area contributed by atoms with E-state index < -0.39 is 16.1 Å². The van der Waals surface area contributed by atoms with Gasteiger partial charge in [-0.15, -0.1) is 10.2 Å². The first-order valence-electron chi connectivity index (χ1n) is 11.4. The molecular weight excluding hydrogens is 472 g/mol. The number of sulfonamides is 1.